The van der Waals surface area contributed by atoms with E-state index < -0.39 is 29.5 Å². The third-order valence-electron chi connectivity index (χ3n) is 4.79. The van der Waals surface area contributed by atoms with Gasteiger partial charge in [-0.15, -0.1) is 0 Å². The van der Waals surface area contributed by atoms with E-state index in [2.05, 4.69) is 0 Å². The van der Waals surface area contributed by atoms with Crippen LogP contribution in [0.25, 0.3) is 0 Å². The lowest BCUT2D eigenvalue weighted by molar-refractivity contribution is -0.426. The lowest BCUT2D eigenvalue weighted by Crippen LogP contribution is -2.62. The first kappa shape index (κ1) is 17.8. The van der Waals surface area contributed by atoms with E-state index in [4.69, 9.17) is 18.9 Å². The highest BCUT2D eigenvalue weighted by molar-refractivity contribution is 6.30. The average molecular weight is 347 g/mol. The van der Waals surface area contributed by atoms with Crippen molar-refractivity contribution in [3.8, 4) is 0 Å². The van der Waals surface area contributed by atoms with E-state index in [0.717, 1.165) is 4.90 Å². The smallest absolute Gasteiger partial charge is 0.264 e. The fourth-order valence-corrected chi connectivity index (χ4v) is 2.95. The van der Waals surface area contributed by atoms with Gasteiger partial charge in [-0.1, -0.05) is 18.2 Å². The molecule has 7 nitrogen and oxygen atoms in total. The first-order valence-corrected chi connectivity index (χ1v) is 7.92. The van der Waals surface area contributed by atoms with Gasteiger partial charge in [0.25, 0.3) is 11.8 Å². The zero-order valence-corrected chi connectivity index (χ0v) is 14.6. The van der Waals surface area contributed by atoms with Gasteiger partial charge in [0.15, 0.2) is 0 Å². The molecule has 0 bridgehead atoms. The topological polar surface area (TPSA) is 74.3 Å². The molecule has 0 aromatic heterocycles. The van der Waals surface area contributed by atoms with Gasteiger partial charge < -0.3 is 18.9 Å². The Hall–Kier alpha value is -2.06. The molecule has 2 aliphatic rings. The minimum Gasteiger partial charge on any atom is -0.349 e. The van der Waals surface area contributed by atoms with Crippen molar-refractivity contribution in [2.45, 2.75) is 31.5 Å². The van der Waals surface area contributed by atoms with Crippen molar-refractivity contribution in [2.75, 3.05) is 25.7 Å². The Balaban J connectivity index is 1.85. The molecule has 0 aliphatic carbocycles. The summed E-state index contributed by atoms with van der Waals surface area (Å²) in [5.74, 6) is -3.21. The van der Waals surface area contributed by atoms with Crippen molar-refractivity contribution >= 4 is 17.5 Å². The maximum atomic E-state index is 12.8. The van der Waals surface area contributed by atoms with Gasteiger partial charge in [-0.2, -0.15) is 0 Å². The number of para-hydroxylation sites is 1. The highest BCUT2D eigenvalue weighted by Crippen LogP contribution is 2.39. The first-order chi connectivity index (χ1) is 11.8. The van der Waals surface area contributed by atoms with Crippen molar-refractivity contribution in [1.29, 1.82) is 0 Å². The van der Waals surface area contributed by atoms with Crippen molar-refractivity contribution in [3.05, 3.63) is 42.0 Å². The minimum absolute atomic E-state index is 0.0662. The van der Waals surface area contributed by atoms with E-state index in [0.29, 0.717) is 5.69 Å². The summed E-state index contributed by atoms with van der Waals surface area (Å²) in [6.45, 7) is 3.43. The summed E-state index contributed by atoms with van der Waals surface area (Å²) in [7, 11) is 2.96. The summed E-state index contributed by atoms with van der Waals surface area (Å²) in [5.41, 5.74) is 0.743. The van der Waals surface area contributed by atoms with Crippen LogP contribution in [-0.4, -0.2) is 50.3 Å². The van der Waals surface area contributed by atoms with Gasteiger partial charge in [-0.05, 0) is 26.0 Å². The quantitative estimate of drug-likeness (QED) is 0.771. The number of imide groups is 1. The van der Waals surface area contributed by atoms with Crippen LogP contribution < -0.4 is 4.90 Å². The summed E-state index contributed by atoms with van der Waals surface area (Å²) >= 11 is 0. The number of benzene rings is 1. The number of anilines is 1. The van der Waals surface area contributed by atoms with Gasteiger partial charge in [-0.25, -0.2) is 4.90 Å². The average Bonchev–Trinajstić information content (AvgIpc) is 2.92. The van der Waals surface area contributed by atoms with Crippen molar-refractivity contribution < 1.29 is 28.5 Å². The molecule has 1 fully saturated rings. The van der Waals surface area contributed by atoms with E-state index >= 15 is 0 Å². The monoisotopic (exact) mass is 347 g/mol. The summed E-state index contributed by atoms with van der Waals surface area (Å²) in [4.78, 5) is 26.2. The van der Waals surface area contributed by atoms with Crippen LogP contribution in [0.3, 0.4) is 0 Å². The van der Waals surface area contributed by atoms with Gasteiger partial charge >= 0.3 is 0 Å². The van der Waals surface area contributed by atoms with Crippen LogP contribution in [0, 0.1) is 0 Å². The maximum absolute atomic E-state index is 12.8. The molecule has 0 spiro atoms. The molecule has 7 heteroatoms. The molecule has 25 heavy (non-hydrogen) atoms. The van der Waals surface area contributed by atoms with Crippen molar-refractivity contribution in [3.63, 3.8) is 0 Å². The minimum atomic E-state index is -1.24. The first-order valence-electron chi connectivity index (χ1n) is 7.92. The molecule has 2 aliphatic heterocycles. The number of carbonyl (C=O) groups is 2. The number of amides is 2. The molecule has 1 aromatic carbocycles. The van der Waals surface area contributed by atoms with Crippen molar-refractivity contribution in [2.24, 2.45) is 0 Å². The lowest BCUT2D eigenvalue weighted by Gasteiger charge is -2.48. The number of rotatable bonds is 4. The third kappa shape index (κ3) is 2.79. The fraction of sp³-hybridized carbons (Fsp3) is 0.444. The molecule has 0 radical (unpaired) electrons. The molecular weight excluding hydrogens is 326 g/mol. The van der Waals surface area contributed by atoms with Gasteiger partial charge in [0.2, 0.25) is 11.6 Å². The number of methoxy groups -OCH3 is 2. The predicted octanol–water partition coefficient (Wildman–Crippen LogP) is 1.63. The standard InChI is InChI=1S/C18H21NO6/c1-17(22-3)18(2,23-4)25-14(11-24-17)13-10-15(20)19(16(13)21)12-8-6-5-7-9-12/h5-10,14H,11H2,1-4H3/t14-,17+,18+/m1/s1. The molecule has 2 heterocycles. The van der Waals surface area contributed by atoms with Gasteiger partial charge in [0.1, 0.15) is 6.10 Å². The highest BCUT2D eigenvalue weighted by Gasteiger charge is 2.55. The van der Waals surface area contributed by atoms with Crippen LogP contribution in [0.1, 0.15) is 13.8 Å². The van der Waals surface area contributed by atoms with Crippen LogP contribution in [-0.2, 0) is 28.5 Å². The number of carbonyl (C=O) groups excluding carboxylic acids is 2. The van der Waals surface area contributed by atoms with E-state index in [1.54, 1.807) is 38.1 Å². The number of hydrogen-bond donors (Lipinski definition) is 0. The van der Waals surface area contributed by atoms with Crippen LogP contribution in [0.2, 0.25) is 0 Å². The number of hydrogen-bond acceptors (Lipinski definition) is 6. The number of ether oxygens (including phenoxy) is 4. The second-order valence-electron chi connectivity index (χ2n) is 6.13. The Bertz CT molecular complexity index is 718. The highest BCUT2D eigenvalue weighted by atomic mass is 16.8. The number of nitrogens with zero attached hydrogens (tertiary/aromatic N) is 1. The zero-order valence-electron chi connectivity index (χ0n) is 14.6. The van der Waals surface area contributed by atoms with Crippen LogP contribution in [0.4, 0.5) is 5.69 Å². The van der Waals surface area contributed by atoms with Crippen LogP contribution >= 0.6 is 0 Å². The molecule has 0 unspecified atom stereocenters. The van der Waals surface area contributed by atoms with E-state index in [-0.39, 0.29) is 12.2 Å². The van der Waals surface area contributed by atoms with Crippen LogP contribution in [0.5, 0.6) is 0 Å². The summed E-state index contributed by atoms with van der Waals surface area (Å²) < 4.78 is 22.6. The molecule has 3 rings (SSSR count). The Labute approximate surface area is 146 Å². The van der Waals surface area contributed by atoms with E-state index in [1.165, 1.54) is 20.3 Å². The molecule has 1 saturated heterocycles. The van der Waals surface area contributed by atoms with Gasteiger partial charge in [0, 0.05) is 20.3 Å². The fourth-order valence-electron chi connectivity index (χ4n) is 2.95. The molecule has 0 N–H and O–H groups in total. The third-order valence-corrected chi connectivity index (χ3v) is 4.79. The van der Waals surface area contributed by atoms with Crippen LogP contribution in [0.15, 0.2) is 42.0 Å². The summed E-state index contributed by atoms with van der Waals surface area (Å²) in [5, 5.41) is 0. The van der Waals surface area contributed by atoms with E-state index in [9.17, 15) is 9.59 Å². The summed E-state index contributed by atoms with van der Waals surface area (Å²) in [6, 6.07) is 8.74. The Morgan fingerprint density at radius 1 is 1.08 bits per heavy atom. The largest absolute Gasteiger partial charge is 0.349 e. The van der Waals surface area contributed by atoms with E-state index in [1.807, 2.05) is 6.07 Å². The Morgan fingerprint density at radius 3 is 2.32 bits per heavy atom. The molecule has 134 valence electrons. The SMILES string of the molecule is CO[C@@]1(C)OC[C@H](C2=CC(=O)N(c3ccccc3)C2=O)O[C@]1(C)OC. The Morgan fingerprint density at radius 2 is 1.72 bits per heavy atom. The summed E-state index contributed by atoms with van der Waals surface area (Å²) in [6.07, 6.45) is 0.549. The van der Waals surface area contributed by atoms with Crippen molar-refractivity contribution in [1.82, 2.24) is 0 Å². The molecule has 1 aromatic rings. The molecular formula is C18H21NO6. The molecule has 2 amide bonds. The zero-order chi connectivity index (χ0) is 18.2. The molecule has 0 saturated carbocycles. The second-order valence-corrected chi connectivity index (χ2v) is 6.13. The normalized spacial score (nSPS) is 32.9. The lowest BCUT2D eigenvalue weighted by atomic mass is 10.0. The van der Waals surface area contributed by atoms with Gasteiger partial charge in [-0.3, -0.25) is 9.59 Å². The molecule has 3 atom stereocenters. The Kier molecular flexibility index (Phi) is 4.51. The second kappa shape index (κ2) is 6.34. The maximum Gasteiger partial charge on any atom is 0.264 e. The van der Waals surface area contributed by atoms with Gasteiger partial charge in [0.05, 0.1) is 17.9 Å². The predicted molar refractivity (Wildman–Crippen MR) is 88.7 cm³/mol.